The van der Waals surface area contributed by atoms with Crippen LogP contribution in [0.15, 0.2) is 16.9 Å². The number of carbonyl (C=O) groups excluding carboxylic acids is 1. The Morgan fingerprint density at radius 3 is 2.79 bits per heavy atom. The Morgan fingerprint density at radius 2 is 2.12 bits per heavy atom. The zero-order valence-corrected chi connectivity index (χ0v) is 21.3. The van der Waals surface area contributed by atoms with Gasteiger partial charge in [-0.15, -0.1) is 0 Å². The molecule has 1 amide bonds. The van der Waals surface area contributed by atoms with Gasteiger partial charge in [0.15, 0.2) is 11.0 Å². The molecule has 4 rings (SSSR count). The third-order valence-corrected chi connectivity index (χ3v) is 7.19. The maximum Gasteiger partial charge on any atom is 0.410 e. The Morgan fingerprint density at radius 1 is 1.39 bits per heavy atom. The van der Waals surface area contributed by atoms with Crippen LogP contribution >= 0.6 is 39.1 Å². The number of amides is 1. The van der Waals surface area contributed by atoms with Crippen molar-refractivity contribution in [1.82, 2.24) is 19.4 Å². The van der Waals surface area contributed by atoms with Crippen LogP contribution in [-0.4, -0.2) is 43.7 Å². The van der Waals surface area contributed by atoms with E-state index in [9.17, 15) is 14.4 Å². The van der Waals surface area contributed by atoms with Crippen LogP contribution < -0.4 is 0 Å². The summed E-state index contributed by atoms with van der Waals surface area (Å²) in [5.41, 5.74) is 0.509. The minimum absolute atomic E-state index is 0.0872. The first-order chi connectivity index (χ1) is 15.5. The molecule has 0 spiro atoms. The molecule has 1 aliphatic heterocycles. The van der Waals surface area contributed by atoms with E-state index in [1.807, 2.05) is 4.57 Å². The summed E-state index contributed by atoms with van der Waals surface area (Å²) < 4.78 is 22.5. The van der Waals surface area contributed by atoms with Crippen LogP contribution in [0.4, 0.5) is 9.18 Å². The van der Waals surface area contributed by atoms with E-state index >= 15 is 0 Å². The summed E-state index contributed by atoms with van der Waals surface area (Å²) in [5.74, 6) is -0.601. The largest absolute Gasteiger partial charge is 0.444 e. The third-order valence-electron chi connectivity index (χ3n) is 5.63. The second kappa shape index (κ2) is 8.90. The Bertz CT molecular complexity index is 1300. The number of ether oxygens (including phenoxy) is 1. The van der Waals surface area contributed by atoms with Gasteiger partial charge in [-0.05, 0) is 55.6 Å². The summed E-state index contributed by atoms with van der Waals surface area (Å²) in [6.45, 7) is 5.82. The van der Waals surface area contributed by atoms with Crippen LogP contribution in [0.2, 0.25) is 10.2 Å². The molecule has 0 aliphatic carbocycles. The van der Waals surface area contributed by atoms with Crippen molar-refractivity contribution in [2.75, 3.05) is 6.54 Å². The van der Waals surface area contributed by atoms with Gasteiger partial charge in [0, 0.05) is 24.0 Å². The van der Waals surface area contributed by atoms with Crippen molar-refractivity contribution < 1.29 is 13.9 Å². The number of likely N-dealkylation sites (tertiary alicyclic amines) is 1. The number of nitrogens with zero attached hydrogens (tertiary/aromatic N) is 5. The van der Waals surface area contributed by atoms with Crippen molar-refractivity contribution in [3.05, 3.63) is 32.9 Å². The SMILES string of the molecule is CC(C)(C)OC(=O)N1CC[C@H](n2cnc3c(Cl)nc4c(F)c(Br)c(Cl)cc4c32)C[C@H]1CC#N. The molecule has 33 heavy (non-hydrogen) atoms. The van der Waals surface area contributed by atoms with Gasteiger partial charge in [0.2, 0.25) is 0 Å². The van der Waals surface area contributed by atoms with Gasteiger partial charge in [-0.1, -0.05) is 23.2 Å². The van der Waals surface area contributed by atoms with Crippen LogP contribution in [0.3, 0.4) is 0 Å². The van der Waals surface area contributed by atoms with Crippen LogP contribution in [0.5, 0.6) is 0 Å². The quantitative estimate of drug-likeness (QED) is 0.261. The van der Waals surface area contributed by atoms with Gasteiger partial charge in [-0.3, -0.25) is 0 Å². The molecule has 3 heterocycles. The highest BCUT2D eigenvalue weighted by molar-refractivity contribution is 9.10. The van der Waals surface area contributed by atoms with Gasteiger partial charge in [0.25, 0.3) is 0 Å². The molecule has 1 aliphatic rings. The highest BCUT2D eigenvalue weighted by atomic mass is 79.9. The van der Waals surface area contributed by atoms with E-state index in [0.29, 0.717) is 35.8 Å². The maximum atomic E-state index is 14.9. The second-order valence-corrected chi connectivity index (χ2v) is 10.6. The lowest BCUT2D eigenvalue weighted by Crippen LogP contribution is -2.48. The summed E-state index contributed by atoms with van der Waals surface area (Å²) in [6, 6.07) is 3.37. The summed E-state index contributed by atoms with van der Waals surface area (Å²) >= 11 is 15.7. The molecule has 0 N–H and O–H groups in total. The number of hydrogen-bond donors (Lipinski definition) is 0. The summed E-state index contributed by atoms with van der Waals surface area (Å²) in [7, 11) is 0. The van der Waals surface area contributed by atoms with Crippen molar-refractivity contribution in [3.8, 4) is 6.07 Å². The van der Waals surface area contributed by atoms with Crippen LogP contribution in [0, 0.1) is 17.1 Å². The first-order valence-corrected chi connectivity index (χ1v) is 11.9. The number of nitriles is 1. The number of rotatable bonds is 2. The van der Waals surface area contributed by atoms with E-state index in [1.54, 1.807) is 38.1 Å². The molecule has 3 aromatic rings. The van der Waals surface area contributed by atoms with Crippen LogP contribution in [0.25, 0.3) is 21.9 Å². The molecule has 1 saturated heterocycles. The average molecular weight is 557 g/mol. The van der Waals surface area contributed by atoms with E-state index in [4.69, 9.17) is 27.9 Å². The van der Waals surface area contributed by atoms with Crippen molar-refractivity contribution in [3.63, 3.8) is 0 Å². The molecular formula is C22H21BrCl2FN5O2. The van der Waals surface area contributed by atoms with Gasteiger partial charge in [0.1, 0.15) is 16.6 Å². The number of carbonyl (C=O) groups is 1. The zero-order chi connectivity index (χ0) is 24.1. The first-order valence-electron chi connectivity index (χ1n) is 10.4. The highest BCUT2D eigenvalue weighted by Crippen LogP contribution is 2.39. The molecular weight excluding hydrogens is 536 g/mol. The number of piperidine rings is 1. The summed E-state index contributed by atoms with van der Waals surface area (Å²) in [5, 5.41) is 10.2. The Balaban J connectivity index is 1.76. The van der Waals surface area contributed by atoms with Crippen molar-refractivity contribution in [2.24, 2.45) is 0 Å². The molecule has 1 fully saturated rings. The minimum Gasteiger partial charge on any atom is -0.444 e. The molecule has 0 bridgehead atoms. The molecule has 2 aromatic heterocycles. The smallest absolute Gasteiger partial charge is 0.410 e. The molecule has 2 atom stereocenters. The lowest BCUT2D eigenvalue weighted by Gasteiger charge is -2.39. The number of hydrogen-bond acceptors (Lipinski definition) is 5. The topological polar surface area (TPSA) is 84.0 Å². The number of fused-ring (bicyclic) bond motifs is 3. The van der Waals surface area contributed by atoms with E-state index in [1.165, 1.54) is 0 Å². The number of aromatic nitrogens is 3. The molecule has 11 heteroatoms. The Hall–Kier alpha value is -2.15. The van der Waals surface area contributed by atoms with E-state index < -0.39 is 17.5 Å². The number of benzene rings is 1. The molecule has 0 radical (unpaired) electrons. The van der Waals surface area contributed by atoms with Crippen LogP contribution in [0.1, 0.15) is 46.1 Å². The number of halogens is 4. The van der Waals surface area contributed by atoms with E-state index in [2.05, 4.69) is 32.0 Å². The monoisotopic (exact) mass is 555 g/mol. The third kappa shape index (κ3) is 4.48. The van der Waals surface area contributed by atoms with Crippen molar-refractivity contribution in [2.45, 2.75) is 57.7 Å². The predicted octanol–water partition coefficient (Wildman–Crippen LogP) is 6.65. The molecule has 1 aromatic carbocycles. The standard InChI is InChI=1S/C22H21BrCl2FN5O2/c1-22(2,3)33-21(32)30-7-5-12(8-11(30)4-6-27)31-10-28-18-19(31)13-9-14(24)15(23)16(26)17(13)29-20(18)25/h9-12H,4-5,7-8H2,1-3H3/t11-,12+/m1/s1. The Labute approximate surface area is 208 Å². The lowest BCUT2D eigenvalue weighted by molar-refractivity contribution is 0.00618. The maximum absolute atomic E-state index is 14.9. The predicted molar refractivity (Wildman–Crippen MR) is 128 cm³/mol. The van der Waals surface area contributed by atoms with Gasteiger partial charge < -0.3 is 14.2 Å². The summed E-state index contributed by atoms with van der Waals surface area (Å²) in [6.07, 6.45) is 2.47. The zero-order valence-electron chi connectivity index (χ0n) is 18.2. The highest BCUT2D eigenvalue weighted by Gasteiger charge is 2.35. The number of pyridine rings is 1. The van der Waals surface area contributed by atoms with Crippen LogP contribution in [-0.2, 0) is 4.74 Å². The first kappa shape index (κ1) is 24.0. The fraction of sp³-hybridized carbons (Fsp3) is 0.455. The lowest BCUT2D eigenvalue weighted by atomic mass is 9.95. The van der Waals surface area contributed by atoms with Crippen molar-refractivity contribution >= 4 is 67.2 Å². The average Bonchev–Trinajstić information content (AvgIpc) is 3.18. The fourth-order valence-electron chi connectivity index (χ4n) is 4.22. The van der Waals surface area contributed by atoms with E-state index in [0.717, 1.165) is 0 Å². The van der Waals surface area contributed by atoms with Gasteiger partial charge in [0.05, 0.1) is 33.8 Å². The van der Waals surface area contributed by atoms with Crippen molar-refractivity contribution in [1.29, 1.82) is 5.26 Å². The Kier molecular flexibility index (Phi) is 6.47. The summed E-state index contributed by atoms with van der Waals surface area (Å²) in [4.78, 5) is 22.9. The number of imidazole rings is 1. The molecule has 7 nitrogen and oxygen atoms in total. The molecule has 0 unspecified atom stereocenters. The molecule has 0 saturated carbocycles. The second-order valence-electron chi connectivity index (χ2n) is 9.00. The van der Waals surface area contributed by atoms with Gasteiger partial charge in [-0.25, -0.2) is 19.2 Å². The van der Waals surface area contributed by atoms with E-state index in [-0.39, 0.29) is 38.7 Å². The fourth-order valence-corrected chi connectivity index (χ4v) is 4.94. The minimum atomic E-state index is -0.633. The normalized spacial score (nSPS) is 19.2. The van der Waals surface area contributed by atoms with Gasteiger partial charge >= 0.3 is 6.09 Å². The van der Waals surface area contributed by atoms with Gasteiger partial charge in [-0.2, -0.15) is 5.26 Å². The molecule has 174 valence electrons.